The number of para-hydroxylation sites is 1. The van der Waals surface area contributed by atoms with Gasteiger partial charge in [-0.15, -0.1) is 0 Å². The van der Waals surface area contributed by atoms with Crippen LogP contribution in [-0.4, -0.2) is 4.98 Å². The SMILES string of the molecule is c1ccc(-c2ccc(N(c3ccc4c(c3)oc3ccccc34)c3ccc4oc5cc6nc(-c7ccccc7)oc6cc5c4c3)cc2)cc1. The maximum Gasteiger partial charge on any atom is 0.227 e. The van der Waals surface area contributed by atoms with Crippen molar-refractivity contribution in [1.29, 1.82) is 0 Å². The number of anilines is 3. The van der Waals surface area contributed by atoms with Crippen LogP contribution in [0.2, 0.25) is 0 Å². The number of hydrogen-bond acceptors (Lipinski definition) is 5. The minimum atomic E-state index is 0.592. The van der Waals surface area contributed by atoms with Crippen LogP contribution in [0, 0.1) is 0 Å². The van der Waals surface area contributed by atoms with Crippen molar-refractivity contribution in [1.82, 2.24) is 4.98 Å². The van der Waals surface area contributed by atoms with Crippen LogP contribution in [0.1, 0.15) is 0 Å². The van der Waals surface area contributed by atoms with E-state index < -0.39 is 0 Å². The summed E-state index contributed by atoms with van der Waals surface area (Å²) < 4.78 is 18.9. The van der Waals surface area contributed by atoms with Crippen molar-refractivity contribution in [3.8, 4) is 22.6 Å². The summed E-state index contributed by atoms with van der Waals surface area (Å²) in [7, 11) is 0. The highest BCUT2D eigenvalue weighted by Gasteiger charge is 2.19. The van der Waals surface area contributed by atoms with Crippen molar-refractivity contribution < 1.29 is 13.3 Å². The molecule has 7 aromatic carbocycles. The lowest BCUT2D eigenvalue weighted by Gasteiger charge is -2.25. The van der Waals surface area contributed by atoms with Gasteiger partial charge in [0.15, 0.2) is 5.58 Å². The Kier molecular flexibility index (Phi) is 5.81. The quantitative estimate of drug-likeness (QED) is 0.192. The van der Waals surface area contributed by atoms with Crippen LogP contribution in [-0.2, 0) is 0 Å². The Morgan fingerprint density at radius 3 is 1.75 bits per heavy atom. The average molecular weight is 619 g/mol. The van der Waals surface area contributed by atoms with E-state index >= 15 is 0 Å². The second-order valence-electron chi connectivity index (χ2n) is 12.0. The fraction of sp³-hybridized carbons (Fsp3) is 0. The zero-order valence-corrected chi connectivity index (χ0v) is 25.6. The smallest absolute Gasteiger partial charge is 0.227 e. The molecule has 48 heavy (non-hydrogen) atoms. The molecule has 5 nitrogen and oxygen atoms in total. The van der Waals surface area contributed by atoms with E-state index in [0.717, 1.165) is 83.2 Å². The van der Waals surface area contributed by atoms with Gasteiger partial charge in [0.1, 0.15) is 27.8 Å². The molecule has 226 valence electrons. The summed E-state index contributed by atoms with van der Waals surface area (Å²) in [5.74, 6) is 0.592. The molecule has 0 saturated carbocycles. The summed E-state index contributed by atoms with van der Waals surface area (Å²) in [5.41, 5.74) is 11.1. The summed E-state index contributed by atoms with van der Waals surface area (Å²) in [6.45, 7) is 0. The molecular formula is C43H26N2O3. The van der Waals surface area contributed by atoms with Gasteiger partial charge >= 0.3 is 0 Å². The van der Waals surface area contributed by atoms with Gasteiger partial charge in [0.2, 0.25) is 5.89 Å². The lowest BCUT2D eigenvalue weighted by Crippen LogP contribution is -2.09. The number of oxazole rings is 1. The number of rotatable bonds is 5. The third kappa shape index (κ3) is 4.29. The Labute approximate surface area is 274 Å². The maximum atomic E-state index is 6.36. The minimum Gasteiger partial charge on any atom is -0.456 e. The molecule has 0 spiro atoms. The third-order valence-electron chi connectivity index (χ3n) is 9.10. The highest BCUT2D eigenvalue weighted by Crippen LogP contribution is 2.42. The number of hydrogen-bond donors (Lipinski definition) is 0. The number of benzene rings is 7. The largest absolute Gasteiger partial charge is 0.456 e. The first kappa shape index (κ1) is 26.6. The normalized spacial score (nSPS) is 11.8. The number of fused-ring (bicyclic) bond motifs is 7. The van der Waals surface area contributed by atoms with E-state index in [0.29, 0.717) is 5.89 Å². The van der Waals surface area contributed by atoms with E-state index in [1.807, 2.05) is 72.8 Å². The lowest BCUT2D eigenvalue weighted by atomic mass is 10.0. The summed E-state index contributed by atoms with van der Waals surface area (Å²) in [5, 5.41) is 4.18. The Morgan fingerprint density at radius 2 is 0.938 bits per heavy atom. The topological polar surface area (TPSA) is 55.6 Å². The van der Waals surface area contributed by atoms with Crippen molar-refractivity contribution in [2.24, 2.45) is 0 Å². The Hall–Kier alpha value is -6.59. The maximum absolute atomic E-state index is 6.36. The molecule has 10 aromatic rings. The Balaban J connectivity index is 1.14. The van der Waals surface area contributed by atoms with Crippen molar-refractivity contribution in [3.05, 3.63) is 158 Å². The first-order valence-electron chi connectivity index (χ1n) is 15.9. The number of furan rings is 2. The number of nitrogens with zero attached hydrogens (tertiary/aromatic N) is 2. The molecule has 3 aromatic heterocycles. The molecule has 0 atom stereocenters. The zero-order valence-electron chi connectivity index (χ0n) is 25.6. The molecule has 0 radical (unpaired) electrons. The van der Waals surface area contributed by atoms with Gasteiger partial charge in [0.25, 0.3) is 0 Å². The van der Waals surface area contributed by atoms with Crippen molar-refractivity contribution in [2.75, 3.05) is 4.90 Å². The lowest BCUT2D eigenvalue weighted by molar-refractivity contribution is 0.620. The van der Waals surface area contributed by atoms with Crippen LogP contribution in [0.4, 0.5) is 17.1 Å². The highest BCUT2D eigenvalue weighted by molar-refractivity contribution is 6.10. The van der Waals surface area contributed by atoms with Crippen LogP contribution in [0.3, 0.4) is 0 Å². The third-order valence-corrected chi connectivity index (χ3v) is 9.10. The fourth-order valence-electron chi connectivity index (χ4n) is 6.76. The van der Waals surface area contributed by atoms with E-state index in [2.05, 4.69) is 89.8 Å². The van der Waals surface area contributed by atoms with Gasteiger partial charge in [-0.3, -0.25) is 0 Å². The molecule has 3 heterocycles. The number of aromatic nitrogens is 1. The second kappa shape index (κ2) is 10.5. The summed E-state index contributed by atoms with van der Waals surface area (Å²) in [4.78, 5) is 7.02. The van der Waals surface area contributed by atoms with Gasteiger partial charge in [0.05, 0.1) is 0 Å². The van der Waals surface area contributed by atoms with E-state index in [1.54, 1.807) is 0 Å². The molecule has 0 unspecified atom stereocenters. The molecule has 0 N–H and O–H groups in total. The first-order valence-corrected chi connectivity index (χ1v) is 15.9. The van der Waals surface area contributed by atoms with Crippen LogP contribution >= 0.6 is 0 Å². The van der Waals surface area contributed by atoms with Gasteiger partial charge in [0, 0.05) is 56.3 Å². The molecular weight excluding hydrogens is 592 g/mol. The van der Waals surface area contributed by atoms with Crippen LogP contribution in [0.5, 0.6) is 0 Å². The summed E-state index contributed by atoms with van der Waals surface area (Å²) >= 11 is 0. The van der Waals surface area contributed by atoms with Gasteiger partial charge in [-0.2, -0.15) is 0 Å². The summed E-state index contributed by atoms with van der Waals surface area (Å²) in [6, 6.07) is 54.0. The monoisotopic (exact) mass is 618 g/mol. The van der Waals surface area contributed by atoms with Crippen LogP contribution in [0.25, 0.3) is 77.6 Å². The van der Waals surface area contributed by atoms with Crippen molar-refractivity contribution in [2.45, 2.75) is 0 Å². The predicted molar refractivity (Wildman–Crippen MR) is 194 cm³/mol. The first-order chi connectivity index (χ1) is 23.7. The average Bonchev–Trinajstić information content (AvgIpc) is 3.84. The molecule has 10 rings (SSSR count). The van der Waals surface area contributed by atoms with E-state index in [-0.39, 0.29) is 0 Å². The van der Waals surface area contributed by atoms with E-state index in [9.17, 15) is 0 Å². The highest BCUT2D eigenvalue weighted by atomic mass is 16.4. The molecule has 5 heteroatoms. The second-order valence-corrected chi connectivity index (χ2v) is 12.0. The fourth-order valence-corrected chi connectivity index (χ4v) is 6.76. The van der Waals surface area contributed by atoms with Gasteiger partial charge in [-0.25, -0.2) is 4.98 Å². The summed E-state index contributed by atoms with van der Waals surface area (Å²) in [6.07, 6.45) is 0. The Bertz CT molecular complexity index is 2770. The van der Waals surface area contributed by atoms with Gasteiger partial charge in [-0.1, -0.05) is 78.9 Å². The molecule has 0 saturated heterocycles. The van der Waals surface area contributed by atoms with Gasteiger partial charge in [-0.05, 0) is 77.9 Å². The molecule has 0 amide bonds. The van der Waals surface area contributed by atoms with Crippen LogP contribution < -0.4 is 4.90 Å². The van der Waals surface area contributed by atoms with Crippen molar-refractivity contribution >= 4 is 72.0 Å². The molecule has 0 aliphatic rings. The standard InChI is InChI=1S/C43H26N2O3/c1-3-9-27(10-4-1)28-15-17-30(18-16-28)45(32-19-21-34-33-13-7-8-14-38(33)46-40(34)24-32)31-20-22-39-35(23-31)36-25-42-37(26-41(36)47-39)44-43(48-42)29-11-5-2-6-12-29/h1-26H. The molecule has 0 bridgehead atoms. The Morgan fingerprint density at radius 1 is 0.354 bits per heavy atom. The van der Waals surface area contributed by atoms with Crippen molar-refractivity contribution in [3.63, 3.8) is 0 Å². The minimum absolute atomic E-state index is 0.592. The molecule has 0 aliphatic heterocycles. The molecule has 0 fully saturated rings. The van der Waals surface area contributed by atoms with Crippen LogP contribution in [0.15, 0.2) is 171 Å². The van der Waals surface area contributed by atoms with E-state index in [4.69, 9.17) is 18.2 Å². The van der Waals surface area contributed by atoms with E-state index in [1.165, 1.54) is 5.56 Å². The van der Waals surface area contributed by atoms with Gasteiger partial charge < -0.3 is 18.2 Å². The molecule has 0 aliphatic carbocycles. The predicted octanol–water partition coefficient (Wildman–Crippen LogP) is 12.4. The zero-order chi connectivity index (χ0) is 31.6.